The zero-order chi connectivity index (χ0) is 11.9. The summed E-state index contributed by atoms with van der Waals surface area (Å²) in [6, 6.07) is 9.39. The molecule has 1 nitrogen and oxygen atoms in total. The quantitative estimate of drug-likeness (QED) is 0.614. The number of rotatable bonds is 6. The van der Waals surface area contributed by atoms with E-state index in [1.165, 1.54) is 49.3 Å². The van der Waals surface area contributed by atoms with Crippen LogP contribution in [0.5, 0.6) is 0 Å². The number of halogens is 1. The molecule has 0 unspecified atom stereocenters. The predicted molar refractivity (Wildman–Crippen MR) is 79.7 cm³/mol. The topological polar surface area (TPSA) is 12.0 Å². The van der Waals surface area contributed by atoms with Crippen LogP contribution in [-0.2, 0) is 0 Å². The van der Waals surface area contributed by atoms with Gasteiger partial charge in [-0.1, -0.05) is 28.8 Å². The predicted octanol–water partition coefficient (Wildman–Crippen LogP) is 4.46. The van der Waals surface area contributed by atoms with E-state index in [1.54, 1.807) is 0 Å². The molecule has 1 aromatic rings. The molecule has 94 valence electrons. The molecule has 1 fully saturated rings. The Morgan fingerprint density at radius 1 is 1.18 bits per heavy atom. The van der Waals surface area contributed by atoms with Gasteiger partial charge < -0.3 is 5.32 Å². The first-order valence-corrected chi connectivity index (χ1v) is 8.24. The minimum atomic E-state index is 0.813. The lowest BCUT2D eigenvalue weighted by Gasteiger charge is -2.11. The monoisotopic (exact) mass is 313 g/mol. The van der Waals surface area contributed by atoms with Gasteiger partial charge in [-0.3, -0.25) is 0 Å². The van der Waals surface area contributed by atoms with Crippen molar-refractivity contribution in [3.63, 3.8) is 0 Å². The van der Waals surface area contributed by atoms with Crippen LogP contribution in [0.25, 0.3) is 0 Å². The van der Waals surface area contributed by atoms with Crippen molar-refractivity contribution >= 4 is 27.7 Å². The van der Waals surface area contributed by atoms with Crippen LogP contribution in [0.3, 0.4) is 0 Å². The lowest BCUT2D eigenvalue weighted by Crippen LogP contribution is -2.27. The second-order valence-corrected chi connectivity index (χ2v) is 6.68. The van der Waals surface area contributed by atoms with E-state index in [0.29, 0.717) is 0 Å². The van der Waals surface area contributed by atoms with Gasteiger partial charge >= 0.3 is 0 Å². The average molecular weight is 314 g/mol. The third-order valence-electron chi connectivity index (χ3n) is 3.19. The van der Waals surface area contributed by atoms with E-state index in [0.717, 1.165) is 10.5 Å². The van der Waals surface area contributed by atoms with Gasteiger partial charge in [0.05, 0.1) is 0 Å². The second-order valence-electron chi connectivity index (χ2n) is 4.59. The van der Waals surface area contributed by atoms with Crippen molar-refractivity contribution in [1.82, 2.24) is 5.32 Å². The summed E-state index contributed by atoms with van der Waals surface area (Å²) in [5.74, 6) is 1.21. The zero-order valence-electron chi connectivity index (χ0n) is 10.1. The Labute approximate surface area is 117 Å². The van der Waals surface area contributed by atoms with Crippen LogP contribution in [0.15, 0.2) is 33.6 Å². The highest BCUT2D eigenvalue weighted by Gasteiger charge is 2.12. The van der Waals surface area contributed by atoms with Gasteiger partial charge in [0.25, 0.3) is 0 Å². The van der Waals surface area contributed by atoms with Crippen molar-refractivity contribution in [2.45, 2.75) is 43.0 Å². The number of thioether (sulfide) groups is 1. The molecule has 17 heavy (non-hydrogen) atoms. The van der Waals surface area contributed by atoms with Gasteiger partial charge in [0.2, 0.25) is 0 Å². The molecule has 0 atom stereocenters. The molecule has 2 rings (SSSR count). The molecule has 0 amide bonds. The first-order valence-electron chi connectivity index (χ1n) is 6.46. The van der Waals surface area contributed by atoms with Gasteiger partial charge in [0, 0.05) is 15.4 Å². The normalized spacial score (nSPS) is 16.5. The standard InChI is InChI=1S/C14H20BrNS/c15-12-6-8-14(9-7-12)17-11-3-10-16-13-4-1-2-5-13/h6-9,13,16H,1-5,10-11H2. The Kier molecular flexibility index (Phi) is 5.89. The van der Waals surface area contributed by atoms with Crippen LogP contribution in [0.4, 0.5) is 0 Å². The van der Waals surface area contributed by atoms with Crippen molar-refractivity contribution in [3.05, 3.63) is 28.7 Å². The summed E-state index contributed by atoms with van der Waals surface area (Å²) in [6.07, 6.45) is 6.88. The third-order valence-corrected chi connectivity index (χ3v) is 4.82. The summed E-state index contributed by atoms with van der Waals surface area (Å²) < 4.78 is 1.16. The fraction of sp³-hybridized carbons (Fsp3) is 0.571. The van der Waals surface area contributed by atoms with Crippen LogP contribution < -0.4 is 5.32 Å². The molecule has 0 heterocycles. The molecule has 0 bridgehead atoms. The molecule has 1 saturated carbocycles. The van der Waals surface area contributed by atoms with Crippen LogP contribution in [0.2, 0.25) is 0 Å². The third kappa shape index (κ3) is 5.02. The molecule has 0 saturated heterocycles. The fourth-order valence-corrected chi connectivity index (χ4v) is 3.35. The highest BCUT2D eigenvalue weighted by molar-refractivity contribution is 9.10. The van der Waals surface area contributed by atoms with E-state index < -0.39 is 0 Å². The maximum Gasteiger partial charge on any atom is 0.0176 e. The fourth-order valence-electron chi connectivity index (χ4n) is 2.23. The molecule has 0 aromatic heterocycles. The summed E-state index contributed by atoms with van der Waals surface area (Å²) in [7, 11) is 0. The summed E-state index contributed by atoms with van der Waals surface area (Å²) in [5, 5.41) is 3.66. The van der Waals surface area contributed by atoms with Gasteiger partial charge in [0.15, 0.2) is 0 Å². The van der Waals surface area contributed by atoms with E-state index in [9.17, 15) is 0 Å². The van der Waals surface area contributed by atoms with Crippen LogP contribution in [0, 0.1) is 0 Å². The van der Waals surface area contributed by atoms with Crippen LogP contribution >= 0.6 is 27.7 Å². The molecular weight excluding hydrogens is 294 g/mol. The Morgan fingerprint density at radius 3 is 2.59 bits per heavy atom. The van der Waals surface area contributed by atoms with E-state index in [1.807, 2.05) is 11.8 Å². The molecule has 0 aliphatic heterocycles. The van der Waals surface area contributed by atoms with Gasteiger partial charge in [-0.2, -0.15) is 0 Å². The van der Waals surface area contributed by atoms with Gasteiger partial charge in [-0.15, -0.1) is 11.8 Å². The van der Waals surface area contributed by atoms with Gasteiger partial charge in [-0.05, 0) is 55.8 Å². The molecule has 3 heteroatoms. The lowest BCUT2D eigenvalue weighted by atomic mass is 10.2. The maximum atomic E-state index is 3.66. The van der Waals surface area contributed by atoms with Gasteiger partial charge in [-0.25, -0.2) is 0 Å². The van der Waals surface area contributed by atoms with Crippen LogP contribution in [-0.4, -0.2) is 18.3 Å². The number of hydrogen-bond donors (Lipinski definition) is 1. The summed E-state index contributed by atoms with van der Waals surface area (Å²) in [5.41, 5.74) is 0. The Morgan fingerprint density at radius 2 is 1.88 bits per heavy atom. The van der Waals surface area contributed by atoms with Gasteiger partial charge in [0.1, 0.15) is 0 Å². The first kappa shape index (κ1) is 13.4. The van der Waals surface area contributed by atoms with E-state index in [-0.39, 0.29) is 0 Å². The first-order chi connectivity index (χ1) is 8.34. The van der Waals surface area contributed by atoms with E-state index in [4.69, 9.17) is 0 Å². The molecular formula is C14H20BrNS. The van der Waals surface area contributed by atoms with Crippen molar-refractivity contribution < 1.29 is 0 Å². The molecule has 1 aromatic carbocycles. The SMILES string of the molecule is Brc1ccc(SCCCNC2CCCC2)cc1. The van der Waals surface area contributed by atoms with E-state index in [2.05, 4.69) is 45.5 Å². The van der Waals surface area contributed by atoms with Crippen LogP contribution in [0.1, 0.15) is 32.1 Å². The number of nitrogens with one attached hydrogen (secondary N) is 1. The van der Waals surface area contributed by atoms with Crippen molar-refractivity contribution in [2.24, 2.45) is 0 Å². The molecule has 1 aliphatic carbocycles. The van der Waals surface area contributed by atoms with Crippen molar-refractivity contribution in [2.75, 3.05) is 12.3 Å². The van der Waals surface area contributed by atoms with E-state index >= 15 is 0 Å². The Balaban J connectivity index is 1.55. The Hall–Kier alpha value is 0.01000. The molecule has 0 spiro atoms. The molecule has 0 radical (unpaired) electrons. The number of hydrogen-bond acceptors (Lipinski definition) is 2. The second kappa shape index (κ2) is 7.45. The average Bonchev–Trinajstić information content (AvgIpc) is 2.84. The maximum absolute atomic E-state index is 3.66. The number of benzene rings is 1. The zero-order valence-corrected chi connectivity index (χ0v) is 12.5. The highest BCUT2D eigenvalue weighted by atomic mass is 79.9. The summed E-state index contributed by atoms with van der Waals surface area (Å²) in [4.78, 5) is 1.37. The minimum absolute atomic E-state index is 0.813. The van der Waals surface area contributed by atoms with Crippen molar-refractivity contribution in [1.29, 1.82) is 0 Å². The Bertz CT molecular complexity index is 319. The van der Waals surface area contributed by atoms with Crippen molar-refractivity contribution in [3.8, 4) is 0 Å². The summed E-state index contributed by atoms with van der Waals surface area (Å²) >= 11 is 5.41. The summed E-state index contributed by atoms with van der Waals surface area (Å²) in [6.45, 7) is 1.17. The smallest absolute Gasteiger partial charge is 0.0176 e. The molecule has 1 N–H and O–H groups in total. The molecule has 1 aliphatic rings. The minimum Gasteiger partial charge on any atom is -0.314 e. The highest BCUT2D eigenvalue weighted by Crippen LogP contribution is 2.21. The lowest BCUT2D eigenvalue weighted by molar-refractivity contribution is 0.525. The largest absolute Gasteiger partial charge is 0.314 e.